The summed E-state index contributed by atoms with van der Waals surface area (Å²) in [7, 11) is 1.63. The van der Waals surface area contributed by atoms with E-state index in [9.17, 15) is 9.59 Å². The fourth-order valence-electron chi connectivity index (χ4n) is 2.56. The number of benzene rings is 1. The SMILES string of the molecule is COc1ccc(CN(C(=O)Cn2c(C)csc2=O)C2CC2)cc1. The van der Waals surface area contributed by atoms with Crippen molar-refractivity contribution >= 4 is 17.2 Å². The Morgan fingerprint density at radius 2 is 2.04 bits per heavy atom. The van der Waals surface area contributed by atoms with Gasteiger partial charge in [0.25, 0.3) is 0 Å². The Morgan fingerprint density at radius 3 is 2.57 bits per heavy atom. The minimum atomic E-state index is -0.0731. The van der Waals surface area contributed by atoms with Crippen molar-refractivity contribution in [3.05, 3.63) is 50.6 Å². The first-order valence-corrected chi connectivity index (χ1v) is 8.54. The molecule has 0 radical (unpaired) electrons. The predicted octanol–water partition coefficient (Wildman–Crippen LogP) is 2.42. The molecule has 0 unspecified atom stereocenters. The summed E-state index contributed by atoms with van der Waals surface area (Å²) in [6, 6.07) is 8.06. The first-order valence-electron chi connectivity index (χ1n) is 7.66. The smallest absolute Gasteiger partial charge is 0.307 e. The molecule has 6 heteroatoms. The van der Waals surface area contributed by atoms with Crippen LogP contribution in [0.3, 0.4) is 0 Å². The van der Waals surface area contributed by atoms with Gasteiger partial charge in [-0.1, -0.05) is 23.5 Å². The molecule has 1 aliphatic carbocycles. The van der Waals surface area contributed by atoms with Crippen molar-refractivity contribution < 1.29 is 9.53 Å². The van der Waals surface area contributed by atoms with E-state index >= 15 is 0 Å². The first kappa shape index (κ1) is 15.8. The highest BCUT2D eigenvalue weighted by atomic mass is 32.1. The highest BCUT2D eigenvalue weighted by Crippen LogP contribution is 2.29. The van der Waals surface area contributed by atoms with Crippen LogP contribution < -0.4 is 9.61 Å². The number of carbonyl (C=O) groups is 1. The number of hydrogen-bond donors (Lipinski definition) is 0. The van der Waals surface area contributed by atoms with Crippen molar-refractivity contribution in [1.82, 2.24) is 9.47 Å². The van der Waals surface area contributed by atoms with Crippen LogP contribution in [0.25, 0.3) is 0 Å². The van der Waals surface area contributed by atoms with E-state index in [2.05, 4.69) is 0 Å². The van der Waals surface area contributed by atoms with Crippen LogP contribution in [0.1, 0.15) is 24.1 Å². The molecule has 0 saturated heterocycles. The van der Waals surface area contributed by atoms with Gasteiger partial charge < -0.3 is 9.64 Å². The second-order valence-corrected chi connectivity index (χ2v) is 6.65. The number of carbonyl (C=O) groups excluding carboxylic acids is 1. The molecule has 1 aromatic carbocycles. The summed E-state index contributed by atoms with van der Waals surface area (Å²) in [5.74, 6) is 0.811. The molecule has 1 heterocycles. The van der Waals surface area contributed by atoms with Crippen LogP contribution in [0.5, 0.6) is 5.75 Å². The zero-order chi connectivity index (χ0) is 16.4. The van der Waals surface area contributed by atoms with E-state index < -0.39 is 0 Å². The number of aryl methyl sites for hydroxylation is 1. The van der Waals surface area contributed by atoms with Crippen LogP contribution in [0, 0.1) is 6.92 Å². The number of methoxy groups -OCH3 is 1. The molecule has 1 saturated carbocycles. The van der Waals surface area contributed by atoms with Crippen LogP contribution in [0.2, 0.25) is 0 Å². The monoisotopic (exact) mass is 332 g/mol. The molecule has 2 aromatic rings. The normalized spacial score (nSPS) is 13.8. The van der Waals surface area contributed by atoms with E-state index in [4.69, 9.17) is 4.74 Å². The third kappa shape index (κ3) is 3.64. The Morgan fingerprint density at radius 1 is 1.35 bits per heavy atom. The molecule has 0 aliphatic heterocycles. The zero-order valence-electron chi connectivity index (χ0n) is 13.3. The van der Waals surface area contributed by atoms with Crippen molar-refractivity contribution in [2.45, 2.75) is 38.9 Å². The van der Waals surface area contributed by atoms with E-state index in [1.165, 1.54) is 0 Å². The maximum Gasteiger partial charge on any atom is 0.307 e. The second kappa shape index (κ2) is 6.58. The maximum absolute atomic E-state index is 12.7. The average Bonchev–Trinajstić information content (AvgIpc) is 3.35. The topological polar surface area (TPSA) is 51.5 Å². The number of amides is 1. The minimum absolute atomic E-state index is 0.00641. The van der Waals surface area contributed by atoms with Crippen molar-refractivity contribution in [1.29, 1.82) is 0 Å². The van der Waals surface area contributed by atoms with Crippen LogP contribution in [0.15, 0.2) is 34.4 Å². The Labute approximate surface area is 139 Å². The molecule has 1 aliphatic rings. The van der Waals surface area contributed by atoms with Gasteiger partial charge in [-0.2, -0.15) is 0 Å². The van der Waals surface area contributed by atoms with E-state index in [1.807, 2.05) is 36.1 Å². The van der Waals surface area contributed by atoms with Gasteiger partial charge in [-0.05, 0) is 37.5 Å². The second-order valence-electron chi connectivity index (χ2n) is 5.83. The summed E-state index contributed by atoms with van der Waals surface area (Å²) >= 11 is 1.14. The molecule has 5 nitrogen and oxygen atoms in total. The Balaban J connectivity index is 1.73. The van der Waals surface area contributed by atoms with Crippen molar-refractivity contribution in [3.63, 3.8) is 0 Å². The molecule has 23 heavy (non-hydrogen) atoms. The van der Waals surface area contributed by atoms with Gasteiger partial charge >= 0.3 is 4.87 Å². The van der Waals surface area contributed by atoms with E-state index in [0.717, 1.165) is 41.2 Å². The number of hydrogen-bond acceptors (Lipinski definition) is 4. The van der Waals surface area contributed by atoms with E-state index in [1.54, 1.807) is 17.1 Å². The predicted molar refractivity (Wildman–Crippen MR) is 89.9 cm³/mol. The van der Waals surface area contributed by atoms with Gasteiger partial charge in [-0.25, -0.2) is 0 Å². The fourth-order valence-corrected chi connectivity index (χ4v) is 3.29. The highest BCUT2D eigenvalue weighted by molar-refractivity contribution is 7.07. The number of thiazole rings is 1. The number of ether oxygens (including phenoxy) is 1. The van der Waals surface area contributed by atoms with Crippen LogP contribution in [-0.4, -0.2) is 28.5 Å². The molecule has 0 spiro atoms. The van der Waals surface area contributed by atoms with Gasteiger partial charge in [-0.3, -0.25) is 14.2 Å². The number of aromatic nitrogens is 1. The lowest BCUT2D eigenvalue weighted by Gasteiger charge is -2.23. The van der Waals surface area contributed by atoms with Crippen LogP contribution >= 0.6 is 11.3 Å². The van der Waals surface area contributed by atoms with Gasteiger partial charge in [0.15, 0.2) is 0 Å². The summed E-state index contributed by atoms with van der Waals surface area (Å²) in [6.07, 6.45) is 2.08. The summed E-state index contributed by atoms with van der Waals surface area (Å²) in [4.78, 5) is 26.3. The molecule has 1 amide bonds. The molecule has 0 atom stereocenters. The summed E-state index contributed by atoms with van der Waals surface area (Å²) in [6.45, 7) is 2.56. The van der Waals surface area contributed by atoms with E-state index in [-0.39, 0.29) is 17.3 Å². The summed E-state index contributed by atoms with van der Waals surface area (Å²) < 4.78 is 6.71. The highest BCUT2D eigenvalue weighted by Gasteiger charge is 2.32. The average molecular weight is 332 g/mol. The number of rotatable bonds is 6. The van der Waals surface area contributed by atoms with Gasteiger partial charge in [-0.15, -0.1) is 0 Å². The van der Waals surface area contributed by atoms with E-state index in [0.29, 0.717) is 12.6 Å². The molecule has 122 valence electrons. The maximum atomic E-state index is 12.7. The van der Waals surface area contributed by atoms with Crippen LogP contribution in [-0.2, 0) is 17.9 Å². The van der Waals surface area contributed by atoms with Crippen molar-refractivity contribution in [2.75, 3.05) is 7.11 Å². The van der Waals surface area contributed by atoms with Gasteiger partial charge in [0, 0.05) is 23.7 Å². The molecule has 0 bridgehead atoms. The molecular weight excluding hydrogens is 312 g/mol. The third-order valence-corrected chi connectivity index (χ3v) is 4.97. The Bertz CT molecular complexity index is 744. The van der Waals surface area contributed by atoms with Crippen LogP contribution in [0.4, 0.5) is 0 Å². The summed E-state index contributed by atoms with van der Waals surface area (Å²) in [5.41, 5.74) is 1.91. The molecule has 1 fully saturated rings. The van der Waals surface area contributed by atoms with Gasteiger partial charge in [0.1, 0.15) is 12.3 Å². The fraction of sp³-hybridized carbons (Fsp3) is 0.412. The molecule has 3 rings (SSSR count). The van der Waals surface area contributed by atoms with Gasteiger partial charge in [0.2, 0.25) is 5.91 Å². The first-order chi connectivity index (χ1) is 11.1. The number of nitrogens with zero attached hydrogens (tertiary/aromatic N) is 2. The van der Waals surface area contributed by atoms with Crippen molar-refractivity contribution in [2.24, 2.45) is 0 Å². The van der Waals surface area contributed by atoms with Gasteiger partial charge in [0.05, 0.1) is 7.11 Å². The quantitative estimate of drug-likeness (QED) is 0.816. The lowest BCUT2D eigenvalue weighted by molar-refractivity contribution is -0.133. The molecule has 1 aromatic heterocycles. The third-order valence-electron chi connectivity index (χ3n) is 4.09. The van der Waals surface area contributed by atoms with Crippen molar-refractivity contribution in [3.8, 4) is 5.75 Å². The largest absolute Gasteiger partial charge is 0.497 e. The molecule has 0 N–H and O–H groups in total. The lowest BCUT2D eigenvalue weighted by Crippen LogP contribution is -2.37. The molecular formula is C17H20N2O3S. The minimum Gasteiger partial charge on any atom is -0.497 e. The standard InChI is InChI=1S/C17H20N2O3S/c1-12-11-23-17(21)18(12)10-16(20)19(14-5-6-14)9-13-3-7-15(22-2)8-4-13/h3-4,7-8,11,14H,5-6,9-10H2,1-2H3. The Kier molecular flexibility index (Phi) is 4.52. The Hall–Kier alpha value is -2.08. The lowest BCUT2D eigenvalue weighted by atomic mass is 10.2. The summed E-state index contributed by atoms with van der Waals surface area (Å²) in [5, 5.41) is 1.79. The zero-order valence-corrected chi connectivity index (χ0v) is 14.1.